The largest absolute Gasteiger partial charge is 0.469 e. The van der Waals surface area contributed by atoms with Crippen molar-refractivity contribution in [2.75, 3.05) is 24.9 Å². The molecule has 0 aromatic heterocycles. The molecule has 0 atom stereocenters. The minimum absolute atomic E-state index is 0.0266. The zero-order chi connectivity index (χ0) is 22.8. The number of benzene rings is 2. The van der Waals surface area contributed by atoms with Crippen molar-refractivity contribution in [1.82, 2.24) is 4.90 Å². The smallest absolute Gasteiger partial charge is 0.308 e. The van der Waals surface area contributed by atoms with Gasteiger partial charge in [0, 0.05) is 18.7 Å². The van der Waals surface area contributed by atoms with E-state index >= 15 is 0 Å². The lowest BCUT2D eigenvalue weighted by Crippen LogP contribution is -2.40. The van der Waals surface area contributed by atoms with Gasteiger partial charge in [-0.3, -0.25) is 14.3 Å². The van der Waals surface area contributed by atoms with Gasteiger partial charge in [0.25, 0.3) is 15.9 Å². The molecule has 0 spiro atoms. The van der Waals surface area contributed by atoms with Crippen LogP contribution in [-0.2, 0) is 19.6 Å². The van der Waals surface area contributed by atoms with Gasteiger partial charge in [-0.15, -0.1) is 0 Å². The molecule has 31 heavy (non-hydrogen) atoms. The summed E-state index contributed by atoms with van der Waals surface area (Å²) in [5.74, 6) is -0.801. The lowest BCUT2D eigenvalue weighted by Gasteiger charge is -2.30. The number of hydrogen-bond donors (Lipinski definition) is 1. The van der Waals surface area contributed by atoms with E-state index in [1.807, 2.05) is 19.1 Å². The van der Waals surface area contributed by atoms with E-state index in [0.29, 0.717) is 31.6 Å². The molecule has 1 heterocycles. The maximum Gasteiger partial charge on any atom is 0.308 e. The van der Waals surface area contributed by atoms with Crippen LogP contribution in [-0.4, -0.2) is 45.4 Å². The third kappa shape index (κ3) is 5.19. The summed E-state index contributed by atoms with van der Waals surface area (Å²) in [6.07, 6.45) is 1.01. The Morgan fingerprint density at radius 3 is 2.42 bits per heavy atom. The summed E-state index contributed by atoms with van der Waals surface area (Å²) in [6, 6.07) is 9.67. The molecule has 0 radical (unpaired) electrons. The van der Waals surface area contributed by atoms with Gasteiger partial charge >= 0.3 is 5.97 Å². The van der Waals surface area contributed by atoms with Gasteiger partial charge in [-0.25, -0.2) is 8.42 Å². The van der Waals surface area contributed by atoms with Gasteiger partial charge in [-0.2, -0.15) is 0 Å². The molecule has 0 bridgehead atoms. The minimum atomic E-state index is -4.01. The minimum Gasteiger partial charge on any atom is -0.469 e. The van der Waals surface area contributed by atoms with Crippen LogP contribution in [0.15, 0.2) is 41.3 Å². The van der Waals surface area contributed by atoms with E-state index in [4.69, 9.17) is 16.3 Å². The molecule has 1 amide bonds. The summed E-state index contributed by atoms with van der Waals surface area (Å²) in [7, 11) is -2.66. The van der Waals surface area contributed by atoms with E-state index in [2.05, 4.69) is 4.72 Å². The first-order chi connectivity index (χ1) is 14.6. The molecule has 2 aromatic rings. The number of hydrogen-bond acceptors (Lipinski definition) is 5. The Balaban J connectivity index is 1.82. The highest BCUT2D eigenvalue weighted by atomic mass is 35.5. The van der Waals surface area contributed by atoms with Crippen molar-refractivity contribution in [3.63, 3.8) is 0 Å². The van der Waals surface area contributed by atoms with E-state index in [1.165, 1.54) is 25.3 Å². The Labute approximate surface area is 187 Å². The van der Waals surface area contributed by atoms with Crippen LogP contribution in [0.25, 0.3) is 0 Å². The van der Waals surface area contributed by atoms with Crippen molar-refractivity contribution in [2.24, 2.45) is 5.92 Å². The number of nitrogens with zero attached hydrogens (tertiary/aromatic N) is 1. The van der Waals surface area contributed by atoms with Crippen molar-refractivity contribution >= 4 is 39.2 Å². The average Bonchev–Trinajstić information content (AvgIpc) is 2.75. The normalized spacial score (nSPS) is 14.9. The van der Waals surface area contributed by atoms with Crippen molar-refractivity contribution in [1.29, 1.82) is 0 Å². The number of aryl methyl sites for hydroxylation is 2. The maximum absolute atomic E-state index is 13.0. The number of piperidine rings is 1. The maximum atomic E-state index is 13.0. The summed E-state index contributed by atoms with van der Waals surface area (Å²) >= 11 is 6.18. The van der Waals surface area contributed by atoms with E-state index in [9.17, 15) is 18.0 Å². The molecule has 1 aliphatic heterocycles. The van der Waals surface area contributed by atoms with Crippen molar-refractivity contribution in [3.8, 4) is 0 Å². The van der Waals surface area contributed by atoms with E-state index < -0.39 is 10.0 Å². The second-order valence-electron chi connectivity index (χ2n) is 7.66. The lowest BCUT2D eigenvalue weighted by atomic mass is 9.96. The number of sulfonamides is 1. The van der Waals surface area contributed by atoms with Gasteiger partial charge in [0.2, 0.25) is 0 Å². The van der Waals surface area contributed by atoms with Crippen molar-refractivity contribution < 1.29 is 22.7 Å². The molecule has 0 unspecified atom stereocenters. The van der Waals surface area contributed by atoms with Gasteiger partial charge < -0.3 is 9.64 Å². The monoisotopic (exact) mass is 464 g/mol. The van der Waals surface area contributed by atoms with Crippen LogP contribution in [0.3, 0.4) is 0 Å². The fourth-order valence-corrected chi connectivity index (χ4v) is 5.20. The molecule has 1 fully saturated rings. The average molecular weight is 465 g/mol. The zero-order valence-electron chi connectivity index (χ0n) is 17.6. The number of esters is 1. The number of halogens is 1. The summed E-state index contributed by atoms with van der Waals surface area (Å²) in [6.45, 7) is 4.46. The number of ether oxygens (including phenoxy) is 1. The topological polar surface area (TPSA) is 92.8 Å². The highest BCUT2D eigenvalue weighted by Crippen LogP contribution is 2.28. The SMILES string of the molecule is COC(=O)C1CCN(C(=O)c2ccc(Cl)c(S(=O)(=O)Nc3cc(C)ccc3C)c2)CC1. The first-order valence-corrected chi connectivity index (χ1v) is 11.7. The predicted octanol–water partition coefficient (Wildman–Crippen LogP) is 3.78. The first kappa shape index (κ1) is 23.1. The van der Waals surface area contributed by atoms with Crippen LogP contribution in [0, 0.1) is 19.8 Å². The van der Waals surface area contributed by atoms with Gasteiger partial charge in [-0.05, 0) is 62.1 Å². The number of nitrogens with one attached hydrogen (secondary N) is 1. The number of carbonyl (C=O) groups excluding carboxylic acids is 2. The first-order valence-electron chi connectivity index (χ1n) is 9.89. The van der Waals surface area contributed by atoms with Gasteiger partial charge in [0.05, 0.1) is 23.7 Å². The Morgan fingerprint density at radius 1 is 1.10 bits per heavy atom. The Morgan fingerprint density at radius 2 is 1.77 bits per heavy atom. The third-order valence-corrected chi connectivity index (χ3v) is 7.27. The highest BCUT2D eigenvalue weighted by Gasteiger charge is 2.29. The molecule has 1 saturated heterocycles. The molecule has 2 aromatic carbocycles. The van der Waals surface area contributed by atoms with Crippen molar-refractivity contribution in [2.45, 2.75) is 31.6 Å². The standard InChI is InChI=1S/C22H25ClN2O5S/c1-14-4-5-15(2)19(12-14)24-31(28,29)20-13-17(6-7-18(20)23)21(26)25-10-8-16(9-11-25)22(27)30-3/h4-7,12-13,16,24H,8-11H2,1-3H3. The van der Waals surface area contributed by atoms with Crippen molar-refractivity contribution in [3.05, 3.63) is 58.1 Å². The number of methoxy groups -OCH3 is 1. The lowest BCUT2D eigenvalue weighted by molar-refractivity contribution is -0.146. The van der Waals surface area contributed by atoms with Crippen LogP contribution >= 0.6 is 11.6 Å². The van der Waals surface area contributed by atoms with Crippen LogP contribution < -0.4 is 4.72 Å². The highest BCUT2D eigenvalue weighted by molar-refractivity contribution is 7.92. The molecule has 1 N–H and O–H groups in total. The number of rotatable bonds is 5. The zero-order valence-corrected chi connectivity index (χ0v) is 19.2. The summed E-state index contributed by atoms with van der Waals surface area (Å²) < 4.78 is 33.4. The van der Waals surface area contributed by atoms with Crippen LogP contribution in [0.2, 0.25) is 5.02 Å². The quantitative estimate of drug-likeness (QED) is 0.679. The summed E-state index contributed by atoms with van der Waals surface area (Å²) in [5.41, 5.74) is 2.36. The third-order valence-electron chi connectivity index (χ3n) is 5.42. The molecule has 1 aliphatic rings. The fourth-order valence-electron chi connectivity index (χ4n) is 3.56. The molecule has 7 nitrogen and oxygen atoms in total. The summed E-state index contributed by atoms with van der Waals surface area (Å²) in [5, 5.41) is 0.0266. The van der Waals surface area contributed by atoms with Crippen LogP contribution in [0.5, 0.6) is 0 Å². The predicted molar refractivity (Wildman–Crippen MR) is 119 cm³/mol. The Bertz CT molecular complexity index is 1110. The van der Waals surface area contributed by atoms with E-state index in [0.717, 1.165) is 11.1 Å². The van der Waals surface area contributed by atoms with Gasteiger partial charge in [0.1, 0.15) is 4.90 Å². The molecule has 0 saturated carbocycles. The fraction of sp³-hybridized carbons (Fsp3) is 0.364. The summed E-state index contributed by atoms with van der Waals surface area (Å²) in [4.78, 5) is 26.1. The Kier molecular flexibility index (Phi) is 6.91. The number of likely N-dealkylation sites (tertiary alicyclic amines) is 1. The van der Waals surface area contributed by atoms with Gasteiger partial charge in [0.15, 0.2) is 0 Å². The van der Waals surface area contributed by atoms with E-state index in [-0.39, 0.29) is 33.3 Å². The molecule has 3 rings (SSSR count). The number of anilines is 1. The second kappa shape index (κ2) is 9.28. The van der Waals surface area contributed by atoms with Crippen LogP contribution in [0.4, 0.5) is 5.69 Å². The van der Waals surface area contributed by atoms with Crippen LogP contribution in [0.1, 0.15) is 34.3 Å². The van der Waals surface area contributed by atoms with Gasteiger partial charge in [-0.1, -0.05) is 23.7 Å². The number of amides is 1. The molecule has 166 valence electrons. The Hall–Kier alpha value is -2.58. The molecular weight excluding hydrogens is 440 g/mol. The van der Waals surface area contributed by atoms with E-state index in [1.54, 1.807) is 17.9 Å². The number of carbonyl (C=O) groups is 2. The molecule has 9 heteroatoms. The second-order valence-corrected chi connectivity index (χ2v) is 9.72. The molecule has 0 aliphatic carbocycles. The molecular formula is C22H25ClN2O5S.